The number of carbonyl (C=O) groups excluding carboxylic acids is 1. The number of alkyl halides is 3. The van der Waals surface area contributed by atoms with Gasteiger partial charge in [0.25, 0.3) is 0 Å². The third-order valence-corrected chi connectivity index (χ3v) is 4.82. The molecule has 1 rings (SSSR count). The largest absolute Gasteiger partial charge is 0.393 e. The number of carbonyl (C=O) groups is 1. The van der Waals surface area contributed by atoms with Gasteiger partial charge in [-0.15, -0.1) is 6.58 Å². The first kappa shape index (κ1) is 21.0. The first-order valence-corrected chi connectivity index (χ1v) is 8.81. The zero-order chi connectivity index (χ0) is 18.3. The summed E-state index contributed by atoms with van der Waals surface area (Å²) in [6, 6.07) is -0.381. The number of hydrogen-bond acceptors (Lipinski definition) is 2. The van der Waals surface area contributed by atoms with Gasteiger partial charge in [-0.1, -0.05) is 19.9 Å². The Labute approximate surface area is 142 Å². The molecule has 0 saturated heterocycles. The summed E-state index contributed by atoms with van der Waals surface area (Å²) in [7, 11) is 0. The number of aliphatic hydroxyl groups excluding tert-OH is 1. The Kier molecular flexibility index (Phi) is 8.27. The maximum absolute atomic E-state index is 12.6. The van der Waals surface area contributed by atoms with Crippen LogP contribution in [-0.2, 0) is 4.79 Å². The van der Waals surface area contributed by atoms with Crippen molar-refractivity contribution in [1.82, 2.24) is 4.90 Å². The van der Waals surface area contributed by atoms with Crippen molar-refractivity contribution < 1.29 is 23.1 Å². The Morgan fingerprint density at radius 3 is 2.33 bits per heavy atom. The first-order valence-electron chi connectivity index (χ1n) is 8.81. The summed E-state index contributed by atoms with van der Waals surface area (Å²) in [5.41, 5.74) is 0. The molecule has 0 aromatic carbocycles. The average molecular weight is 349 g/mol. The van der Waals surface area contributed by atoms with Crippen LogP contribution in [-0.4, -0.2) is 40.8 Å². The number of hydrogen-bond donors (Lipinski definition) is 1. The smallest absolute Gasteiger partial charge is 0.390 e. The van der Waals surface area contributed by atoms with Gasteiger partial charge in [-0.25, -0.2) is 0 Å². The number of halogens is 3. The van der Waals surface area contributed by atoms with Crippen LogP contribution in [0.15, 0.2) is 12.7 Å². The van der Waals surface area contributed by atoms with E-state index in [0.29, 0.717) is 12.3 Å². The molecule has 24 heavy (non-hydrogen) atoms. The maximum atomic E-state index is 12.6. The number of amides is 1. The predicted octanol–water partition coefficient (Wildman–Crippen LogP) is 4.31. The number of rotatable bonds is 8. The van der Waals surface area contributed by atoms with Gasteiger partial charge >= 0.3 is 6.18 Å². The van der Waals surface area contributed by atoms with E-state index in [9.17, 15) is 23.1 Å². The van der Waals surface area contributed by atoms with E-state index in [0.717, 1.165) is 25.7 Å². The molecule has 6 heteroatoms. The van der Waals surface area contributed by atoms with Gasteiger partial charge in [-0.2, -0.15) is 13.2 Å². The minimum atomic E-state index is -4.28. The van der Waals surface area contributed by atoms with Crippen LogP contribution in [0.1, 0.15) is 58.8 Å². The van der Waals surface area contributed by atoms with Crippen molar-refractivity contribution in [3.05, 3.63) is 12.7 Å². The van der Waals surface area contributed by atoms with Gasteiger partial charge in [-0.05, 0) is 43.9 Å². The molecule has 0 heterocycles. The highest BCUT2D eigenvalue weighted by Gasteiger charge is 2.32. The van der Waals surface area contributed by atoms with Gasteiger partial charge < -0.3 is 10.0 Å². The molecule has 140 valence electrons. The molecular formula is C18H30F3NO2. The van der Waals surface area contributed by atoms with Crippen molar-refractivity contribution in [2.45, 2.75) is 77.1 Å². The van der Waals surface area contributed by atoms with E-state index >= 15 is 0 Å². The Balaban J connectivity index is 2.63. The van der Waals surface area contributed by atoms with Gasteiger partial charge in [-0.3, -0.25) is 4.79 Å². The van der Waals surface area contributed by atoms with Crippen LogP contribution in [0.3, 0.4) is 0 Å². The molecule has 0 aliphatic heterocycles. The summed E-state index contributed by atoms with van der Waals surface area (Å²) >= 11 is 0. The van der Waals surface area contributed by atoms with Gasteiger partial charge in [0.05, 0.1) is 18.6 Å². The second-order valence-corrected chi connectivity index (χ2v) is 7.14. The van der Waals surface area contributed by atoms with E-state index in [1.54, 1.807) is 6.08 Å². The van der Waals surface area contributed by atoms with Crippen LogP contribution >= 0.6 is 0 Å². The third-order valence-electron chi connectivity index (χ3n) is 4.82. The summed E-state index contributed by atoms with van der Waals surface area (Å²) in [6.45, 7) is 7.12. The fraction of sp³-hybridized carbons (Fsp3) is 0.833. The van der Waals surface area contributed by atoms with E-state index in [2.05, 4.69) is 6.58 Å². The van der Waals surface area contributed by atoms with Gasteiger partial charge in [0.2, 0.25) is 5.91 Å². The van der Waals surface area contributed by atoms with Gasteiger partial charge in [0.15, 0.2) is 0 Å². The quantitative estimate of drug-likeness (QED) is 0.664. The zero-order valence-electron chi connectivity index (χ0n) is 14.7. The van der Waals surface area contributed by atoms with Crippen molar-refractivity contribution >= 4 is 5.91 Å². The first-order chi connectivity index (χ1) is 11.1. The van der Waals surface area contributed by atoms with Crippen LogP contribution in [0.2, 0.25) is 0 Å². The molecule has 1 unspecified atom stereocenters. The summed E-state index contributed by atoms with van der Waals surface area (Å²) < 4.78 is 37.7. The normalized spacial score (nSPS) is 23.1. The van der Waals surface area contributed by atoms with Crippen LogP contribution in [0.25, 0.3) is 0 Å². The zero-order valence-corrected chi connectivity index (χ0v) is 14.7. The van der Waals surface area contributed by atoms with Crippen molar-refractivity contribution in [3.63, 3.8) is 0 Å². The second kappa shape index (κ2) is 9.44. The van der Waals surface area contributed by atoms with Crippen molar-refractivity contribution in [2.24, 2.45) is 11.8 Å². The highest BCUT2D eigenvalue weighted by atomic mass is 19.4. The Morgan fingerprint density at radius 2 is 1.88 bits per heavy atom. The Bertz CT molecular complexity index is 402. The van der Waals surface area contributed by atoms with Crippen molar-refractivity contribution in [3.8, 4) is 0 Å². The molecule has 1 aliphatic rings. The second-order valence-electron chi connectivity index (χ2n) is 7.14. The summed E-state index contributed by atoms with van der Waals surface area (Å²) in [6.07, 6.45) is 0.244. The molecule has 0 spiro atoms. The van der Waals surface area contributed by atoms with E-state index < -0.39 is 12.6 Å². The summed E-state index contributed by atoms with van der Waals surface area (Å²) in [5.74, 6) is 0.163. The lowest BCUT2D eigenvalue weighted by molar-refractivity contribution is -0.147. The molecular weight excluding hydrogens is 319 g/mol. The number of aliphatic hydroxyl groups is 1. The molecule has 1 aliphatic carbocycles. The Hall–Kier alpha value is -1.04. The van der Waals surface area contributed by atoms with E-state index in [-0.39, 0.29) is 36.9 Å². The lowest BCUT2D eigenvalue weighted by atomic mass is 9.84. The monoisotopic (exact) mass is 349 g/mol. The van der Waals surface area contributed by atoms with Gasteiger partial charge in [0, 0.05) is 13.0 Å². The molecule has 1 amide bonds. The van der Waals surface area contributed by atoms with Crippen LogP contribution in [0.5, 0.6) is 0 Å². The van der Waals surface area contributed by atoms with Crippen LogP contribution < -0.4 is 0 Å². The van der Waals surface area contributed by atoms with E-state index in [4.69, 9.17) is 0 Å². The minimum Gasteiger partial charge on any atom is -0.393 e. The van der Waals surface area contributed by atoms with Crippen LogP contribution in [0, 0.1) is 11.8 Å². The van der Waals surface area contributed by atoms with Crippen LogP contribution in [0.4, 0.5) is 13.2 Å². The molecule has 1 N–H and O–H groups in total. The standard InChI is InChI=1S/C18H30F3NO2/c1-4-16(13(2)3)22(12-11-18(19,20)21)17(24)10-7-14-5-8-15(23)9-6-14/h4,13-16,23H,1,5-12H2,2-3H3. The number of nitrogens with zero attached hydrogens (tertiary/aromatic N) is 1. The molecule has 1 saturated carbocycles. The molecule has 0 radical (unpaired) electrons. The summed E-state index contributed by atoms with van der Waals surface area (Å²) in [4.78, 5) is 13.9. The Morgan fingerprint density at radius 1 is 1.29 bits per heavy atom. The minimum absolute atomic E-state index is 0.0181. The fourth-order valence-electron chi connectivity index (χ4n) is 3.35. The fourth-order valence-corrected chi connectivity index (χ4v) is 3.35. The molecule has 1 atom stereocenters. The van der Waals surface area contributed by atoms with E-state index in [1.165, 1.54) is 4.90 Å². The van der Waals surface area contributed by atoms with Crippen molar-refractivity contribution in [1.29, 1.82) is 0 Å². The van der Waals surface area contributed by atoms with E-state index in [1.807, 2.05) is 13.8 Å². The highest BCUT2D eigenvalue weighted by Crippen LogP contribution is 2.29. The third kappa shape index (κ3) is 7.24. The average Bonchev–Trinajstić information content (AvgIpc) is 2.49. The van der Waals surface area contributed by atoms with Gasteiger partial charge in [0.1, 0.15) is 0 Å². The lowest BCUT2D eigenvalue weighted by Crippen LogP contribution is -2.44. The van der Waals surface area contributed by atoms with Crippen molar-refractivity contribution in [2.75, 3.05) is 6.54 Å². The predicted molar refractivity (Wildman–Crippen MR) is 88.4 cm³/mol. The molecule has 0 bridgehead atoms. The maximum Gasteiger partial charge on any atom is 0.390 e. The molecule has 0 aromatic heterocycles. The topological polar surface area (TPSA) is 40.5 Å². The lowest BCUT2D eigenvalue weighted by Gasteiger charge is -2.33. The molecule has 1 fully saturated rings. The molecule has 0 aromatic rings. The molecule has 3 nitrogen and oxygen atoms in total. The summed E-state index contributed by atoms with van der Waals surface area (Å²) in [5, 5.41) is 9.51. The SMILES string of the molecule is C=CC(C(C)C)N(CCC(F)(F)F)C(=O)CCC1CCC(O)CC1. The highest BCUT2D eigenvalue weighted by molar-refractivity contribution is 5.76.